The van der Waals surface area contributed by atoms with Crippen LogP contribution in [-0.2, 0) is 19.6 Å². The number of rotatable bonds is 4. The Bertz CT molecular complexity index is 612. The van der Waals surface area contributed by atoms with Crippen molar-refractivity contribution >= 4 is 54.9 Å². The molecule has 5 nitrogen and oxygen atoms in total. The summed E-state index contributed by atoms with van der Waals surface area (Å²) < 4.78 is 32.3. The van der Waals surface area contributed by atoms with Crippen LogP contribution in [0.4, 0.5) is 0 Å². The van der Waals surface area contributed by atoms with E-state index >= 15 is 0 Å². The number of piperidine rings is 1. The molecule has 1 aromatic rings. The van der Waals surface area contributed by atoms with E-state index in [0.717, 1.165) is 11.3 Å². The van der Waals surface area contributed by atoms with Crippen LogP contribution in [0.3, 0.4) is 0 Å². The lowest BCUT2D eigenvalue weighted by atomic mass is 10.0. The Morgan fingerprint density at radius 3 is 2.90 bits per heavy atom. The van der Waals surface area contributed by atoms with Crippen LogP contribution in [0.5, 0.6) is 0 Å². The van der Waals surface area contributed by atoms with Crippen LogP contribution in [0.1, 0.15) is 19.8 Å². The molecule has 0 amide bonds. The Kier molecular flexibility index (Phi) is 5.70. The largest absolute Gasteiger partial charge is 0.466 e. The number of nitrogens with zero attached hydrogens (tertiary/aromatic N) is 1. The standard InChI is InChI=1S/C12H15BrClNO4S2/c1-2-19-12(16)8-4-3-5-15(7-8)21(17,18)10-6-9(14)11(13)20-10/h6,8H,2-5,7H2,1H3/t8-/m1/s1. The summed E-state index contributed by atoms with van der Waals surface area (Å²) in [6.45, 7) is 2.61. The average molecular weight is 417 g/mol. The fraction of sp³-hybridized carbons (Fsp3) is 0.583. The average Bonchev–Trinajstić information content (AvgIpc) is 2.80. The fourth-order valence-electron chi connectivity index (χ4n) is 2.19. The van der Waals surface area contributed by atoms with Crippen LogP contribution in [0.2, 0.25) is 5.02 Å². The van der Waals surface area contributed by atoms with Crippen molar-refractivity contribution in [2.45, 2.75) is 24.0 Å². The van der Waals surface area contributed by atoms with E-state index in [0.29, 0.717) is 34.8 Å². The Hall–Kier alpha value is -0.150. The summed E-state index contributed by atoms with van der Waals surface area (Å²) in [6, 6.07) is 1.43. The molecule has 1 aliphatic rings. The van der Waals surface area contributed by atoms with E-state index in [9.17, 15) is 13.2 Å². The van der Waals surface area contributed by atoms with Gasteiger partial charge in [0.15, 0.2) is 0 Å². The summed E-state index contributed by atoms with van der Waals surface area (Å²) in [5.41, 5.74) is 0. The monoisotopic (exact) mass is 415 g/mol. The van der Waals surface area contributed by atoms with E-state index in [1.165, 1.54) is 10.4 Å². The number of esters is 1. The predicted molar refractivity (Wildman–Crippen MR) is 85.1 cm³/mol. The van der Waals surface area contributed by atoms with Crippen LogP contribution < -0.4 is 0 Å². The van der Waals surface area contributed by atoms with Crippen LogP contribution >= 0.6 is 38.9 Å². The molecule has 2 rings (SSSR count). The minimum Gasteiger partial charge on any atom is -0.466 e. The van der Waals surface area contributed by atoms with Gasteiger partial charge in [-0.25, -0.2) is 8.42 Å². The van der Waals surface area contributed by atoms with Crippen molar-refractivity contribution < 1.29 is 17.9 Å². The molecule has 1 fully saturated rings. The van der Waals surface area contributed by atoms with Crippen molar-refractivity contribution in [3.8, 4) is 0 Å². The number of carbonyl (C=O) groups is 1. The molecule has 1 aromatic heterocycles. The Morgan fingerprint density at radius 1 is 1.62 bits per heavy atom. The first kappa shape index (κ1) is 17.2. The molecule has 0 aliphatic carbocycles. The van der Waals surface area contributed by atoms with Crippen molar-refractivity contribution in [1.82, 2.24) is 4.31 Å². The third kappa shape index (κ3) is 3.79. The van der Waals surface area contributed by atoms with Crippen LogP contribution in [0.15, 0.2) is 14.1 Å². The van der Waals surface area contributed by atoms with Crippen LogP contribution in [0.25, 0.3) is 0 Å². The van der Waals surface area contributed by atoms with Crippen LogP contribution in [-0.4, -0.2) is 38.4 Å². The number of hydrogen-bond donors (Lipinski definition) is 0. The van der Waals surface area contributed by atoms with Gasteiger partial charge >= 0.3 is 5.97 Å². The topological polar surface area (TPSA) is 63.7 Å². The van der Waals surface area contributed by atoms with Gasteiger partial charge in [-0.3, -0.25) is 4.79 Å². The number of sulfonamides is 1. The number of ether oxygens (including phenoxy) is 1. The minimum absolute atomic E-state index is 0.161. The molecule has 0 saturated carbocycles. The molecule has 21 heavy (non-hydrogen) atoms. The molecule has 0 aromatic carbocycles. The molecule has 0 unspecified atom stereocenters. The summed E-state index contributed by atoms with van der Waals surface area (Å²) in [7, 11) is -3.62. The smallest absolute Gasteiger partial charge is 0.310 e. The maximum atomic E-state index is 12.6. The van der Waals surface area contributed by atoms with Crippen molar-refractivity contribution in [1.29, 1.82) is 0 Å². The highest BCUT2D eigenvalue weighted by atomic mass is 79.9. The Balaban J connectivity index is 2.18. The quantitative estimate of drug-likeness (QED) is 0.707. The number of thiophene rings is 1. The lowest BCUT2D eigenvalue weighted by Gasteiger charge is -2.30. The lowest BCUT2D eigenvalue weighted by Crippen LogP contribution is -2.42. The highest BCUT2D eigenvalue weighted by Gasteiger charge is 2.35. The first-order valence-corrected chi connectivity index (χ1v) is 9.90. The molecular weight excluding hydrogens is 402 g/mol. The second-order valence-electron chi connectivity index (χ2n) is 4.64. The molecule has 0 spiro atoms. The fourth-order valence-corrected chi connectivity index (χ4v) is 6.27. The van der Waals surface area contributed by atoms with Gasteiger partial charge in [0.2, 0.25) is 0 Å². The second kappa shape index (κ2) is 6.95. The van der Waals surface area contributed by atoms with Gasteiger partial charge in [0.25, 0.3) is 10.0 Å². The number of carbonyl (C=O) groups excluding carboxylic acids is 1. The van der Waals surface area contributed by atoms with E-state index in [1.807, 2.05) is 0 Å². The first-order chi connectivity index (χ1) is 9.86. The maximum absolute atomic E-state index is 12.6. The van der Waals surface area contributed by atoms with Gasteiger partial charge in [-0.15, -0.1) is 11.3 Å². The van der Waals surface area contributed by atoms with E-state index < -0.39 is 15.9 Å². The molecule has 0 radical (unpaired) electrons. The minimum atomic E-state index is -3.62. The highest BCUT2D eigenvalue weighted by Crippen LogP contribution is 2.36. The molecule has 0 N–H and O–H groups in total. The molecule has 1 atom stereocenters. The van der Waals surface area contributed by atoms with E-state index in [4.69, 9.17) is 16.3 Å². The molecule has 9 heteroatoms. The molecule has 2 heterocycles. The van der Waals surface area contributed by atoms with E-state index in [-0.39, 0.29) is 16.7 Å². The summed E-state index contributed by atoms with van der Waals surface area (Å²) in [4.78, 5) is 11.8. The van der Waals surface area contributed by atoms with Crippen molar-refractivity contribution in [2.24, 2.45) is 5.92 Å². The van der Waals surface area contributed by atoms with Gasteiger partial charge in [-0.05, 0) is 41.8 Å². The zero-order valence-corrected chi connectivity index (χ0v) is 15.3. The molecule has 1 aliphatic heterocycles. The van der Waals surface area contributed by atoms with Crippen molar-refractivity contribution in [2.75, 3.05) is 19.7 Å². The van der Waals surface area contributed by atoms with Gasteiger partial charge in [-0.2, -0.15) is 4.31 Å². The zero-order chi connectivity index (χ0) is 15.6. The normalized spacial score (nSPS) is 20.4. The summed E-state index contributed by atoms with van der Waals surface area (Å²) in [5, 5.41) is 0.373. The maximum Gasteiger partial charge on any atom is 0.310 e. The van der Waals surface area contributed by atoms with Gasteiger partial charge in [0, 0.05) is 13.1 Å². The summed E-state index contributed by atoms with van der Waals surface area (Å²) >= 11 is 10.2. The zero-order valence-electron chi connectivity index (χ0n) is 11.3. The van der Waals surface area contributed by atoms with Crippen molar-refractivity contribution in [3.63, 3.8) is 0 Å². The van der Waals surface area contributed by atoms with E-state index in [2.05, 4.69) is 15.9 Å². The van der Waals surface area contributed by atoms with Gasteiger partial charge in [-0.1, -0.05) is 11.6 Å². The lowest BCUT2D eigenvalue weighted by molar-refractivity contribution is -0.149. The summed E-state index contributed by atoms with van der Waals surface area (Å²) in [6.07, 6.45) is 1.29. The highest BCUT2D eigenvalue weighted by molar-refractivity contribution is 9.11. The number of halogens is 2. The van der Waals surface area contributed by atoms with Crippen molar-refractivity contribution in [3.05, 3.63) is 14.9 Å². The molecular formula is C12H15BrClNO4S2. The SMILES string of the molecule is CCOC(=O)[C@@H]1CCCN(S(=O)(=O)c2cc(Cl)c(Br)s2)C1. The molecule has 118 valence electrons. The van der Waals surface area contributed by atoms with Crippen LogP contribution in [0, 0.1) is 5.92 Å². The Morgan fingerprint density at radius 2 is 2.33 bits per heavy atom. The third-order valence-corrected chi connectivity index (χ3v) is 8.01. The van der Waals surface area contributed by atoms with Gasteiger partial charge < -0.3 is 4.74 Å². The van der Waals surface area contributed by atoms with E-state index in [1.54, 1.807) is 6.92 Å². The molecule has 0 bridgehead atoms. The number of hydrogen-bond acceptors (Lipinski definition) is 5. The third-order valence-electron chi connectivity index (χ3n) is 3.22. The Labute approximate surface area is 141 Å². The molecule has 1 saturated heterocycles. The predicted octanol–water partition coefficient (Wildman–Crippen LogP) is 3.13. The van der Waals surface area contributed by atoms with Gasteiger partial charge in [0.05, 0.1) is 21.3 Å². The van der Waals surface area contributed by atoms with Gasteiger partial charge in [0.1, 0.15) is 4.21 Å². The second-order valence-corrected chi connectivity index (χ2v) is 9.58. The summed E-state index contributed by atoms with van der Waals surface area (Å²) in [5.74, 6) is -0.727. The first-order valence-electron chi connectivity index (χ1n) is 6.48.